The fourth-order valence-corrected chi connectivity index (χ4v) is 2.98. The van der Waals surface area contributed by atoms with Gasteiger partial charge in [-0.15, -0.1) is 0 Å². The monoisotopic (exact) mass is 355 g/mol. The molecular formula is C13H17N5O5S. The third kappa shape index (κ3) is 3.35. The van der Waals surface area contributed by atoms with Gasteiger partial charge in [-0.3, -0.25) is 23.9 Å². The molecule has 3 N–H and O–H groups in total. The molecule has 0 aliphatic carbocycles. The number of ether oxygens (including phenoxy) is 1. The van der Waals surface area contributed by atoms with Gasteiger partial charge in [0.2, 0.25) is 5.91 Å². The SMILES string of the molecule is CCOC(=O)C(C)Sc1nc2c(c(=O)[nH]c(=O)n2C)n1CC(N)=O. The Kier molecular flexibility index (Phi) is 5.12. The second-order valence-electron chi connectivity index (χ2n) is 4.95. The normalized spacial score (nSPS) is 12.3. The molecule has 2 rings (SSSR count). The first-order chi connectivity index (χ1) is 11.3. The number of amides is 1. The van der Waals surface area contributed by atoms with E-state index in [1.54, 1.807) is 13.8 Å². The number of aryl methyl sites for hydroxylation is 1. The molecule has 24 heavy (non-hydrogen) atoms. The predicted octanol–water partition coefficient (Wildman–Crippen LogP) is -1.05. The highest BCUT2D eigenvalue weighted by molar-refractivity contribution is 8.00. The summed E-state index contributed by atoms with van der Waals surface area (Å²) < 4.78 is 7.36. The van der Waals surface area contributed by atoms with Crippen LogP contribution in [0.15, 0.2) is 14.7 Å². The van der Waals surface area contributed by atoms with Crippen LogP contribution in [0, 0.1) is 0 Å². The lowest BCUT2D eigenvalue weighted by Gasteiger charge is -2.10. The number of thioether (sulfide) groups is 1. The summed E-state index contributed by atoms with van der Waals surface area (Å²) in [6.07, 6.45) is 0. The Hall–Kier alpha value is -2.56. The van der Waals surface area contributed by atoms with Gasteiger partial charge in [0.05, 0.1) is 6.61 Å². The predicted molar refractivity (Wildman–Crippen MR) is 86.7 cm³/mol. The van der Waals surface area contributed by atoms with Crippen LogP contribution >= 0.6 is 11.8 Å². The average molecular weight is 355 g/mol. The maximum Gasteiger partial charge on any atom is 0.329 e. The van der Waals surface area contributed by atoms with Crippen molar-refractivity contribution in [1.29, 1.82) is 0 Å². The van der Waals surface area contributed by atoms with Crippen LogP contribution in [0.1, 0.15) is 13.8 Å². The number of esters is 1. The van der Waals surface area contributed by atoms with Crippen molar-refractivity contribution in [3.05, 3.63) is 20.8 Å². The van der Waals surface area contributed by atoms with Crippen molar-refractivity contribution in [3.63, 3.8) is 0 Å². The second-order valence-corrected chi connectivity index (χ2v) is 6.26. The molecule has 2 heterocycles. The van der Waals surface area contributed by atoms with E-state index in [1.165, 1.54) is 11.6 Å². The maximum atomic E-state index is 12.1. The number of nitrogens with zero attached hydrogens (tertiary/aromatic N) is 3. The van der Waals surface area contributed by atoms with E-state index in [0.29, 0.717) is 0 Å². The van der Waals surface area contributed by atoms with E-state index < -0.39 is 28.4 Å². The number of aromatic nitrogens is 4. The number of H-pyrrole nitrogens is 1. The zero-order valence-corrected chi connectivity index (χ0v) is 14.2. The summed E-state index contributed by atoms with van der Waals surface area (Å²) in [5.41, 5.74) is 4.05. The van der Waals surface area contributed by atoms with Crippen molar-refractivity contribution in [2.75, 3.05) is 6.61 Å². The zero-order valence-electron chi connectivity index (χ0n) is 13.4. The highest BCUT2D eigenvalue weighted by Crippen LogP contribution is 2.26. The number of aromatic amines is 1. The Labute approximate surface area is 140 Å². The number of carbonyl (C=O) groups is 2. The lowest BCUT2D eigenvalue weighted by molar-refractivity contribution is -0.142. The number of nitrogens with one attached hydrogen (secondary N) is 1. The van der Waals surface area contributed by atoms with Crippen molar-refractivity contribution in [3.8, 4) is 0 Å². The molecule has 0 saturated heterocycles. The van der Waals surface area contributed by atoms with Crippen LogP contribution in [0.3, 0.4) is 0 Å². The third-order valence-electron chi connectivity index (χ3n) is 3.19. The van der Waals surface area contributed by atoms with E-state index in [1.807, 2.05) is 0 Å². The molecule has 0 bridgehead atoms. The van der Waals surface area contributed by atoms with Crippen LogP contribution in [-0.4, -0.2) is 42.8 Å². The van der Waals surface area contributed by atoms with E-state index in [2.05, 4.69) is 9.97 Å². The molecule has 0 spiro atoms. The summed E-state index contributed by atoms with van der Waals surface area (Å²) >= 11 is 1.01. The van der Waals surface area contributed by atoms with E-state index >= 15 is 0 Å². The Morgan fingerprint density at radius 2 is 2.08 bits per heavy atom. The molecule has 0 radical (unpaired) electrons. The highest BCUT2D eigenvalue weighted by atomic mass is 32.2. The van der Waals surface area contributed by atoms with Crippen LogP contribution in [0.5, 0.6) is 0 Å². The number of fused-ring (bicyclic) bond motifs is 1. The minimum Gasteiger partial charge on any atom is -0.465 e. The molecule has 0 aliphatic heterocycles. The summed E-state index contributed by atoms with van der Waals surface area (Å²) in [7, 11) is 1.44. The van der Waals surface area contributed by atoms with E-state index in [9.17, 15) is 19.2 Å². The Morgan fingerprint density at radius 1 is 1.42 bits per heavy atom. The molecule has 0 aliphatic rings. The van der Waals surface area contributed by atoms with Crippen LogP contribution < -0.4 is 17.0 Å². The molecule has 2 aromatic rings. The maximum absolute atomic E-state index is 12.1. The van der Waals surface area contributed by atoms with Gasteiger partial charge in [-0.05, 0) is 13.8 Å². The van der Waals surface area contributed by atoms with Gasteiger partial charge >= 0.3 is 11.7 Å². The second kappa shape index (κ2) is 6.91. The smallest absolute Gasteiger partial charge is 0.329 e. The first-order valence-electron chi connectivity index (χ1n) is 7.07. The standard InChI is InChI=1S/C13H17N5O5S/c1-4-23-11(21)6(2)24-13-15-9-8(18(13)5-7(14)19)10(20)16-12(22)17(9)3/h6H,4-5H2,1-3H3,(H2,14,19)(H,16,20,22). The first kappa shape index (κ1) is 17.8. The molecule has 11 heteroatoms. The Morgan fingerprint density at radius 3 is 2.67 bits per heavy atom. The molecular weight excluding hydrogens is 338 g/mol. The molecule has 10 nitrogen and oxygen atoms in total. The van der Waals surface area contributed by atoms with Gasteiger partial charge in [-0.25, -0.2) is 9.78 Å². The fourth-order valence-electron chi connectivity index (χ4n) is 2.07. The van der Waals surface area contributed by atoms with Gasteiger partial charge < -0.3 is 15.0 Å². The number of carbonyl (C=O) groups excluding carboxylic acids is 2. The summed E-state index contributed by atoms with van der Waals surface area (Å²) in [6, 6.07) is 0. The average Bonchev–Trinajstić information content (AvgIpc) is 2.83. The summed E-state index contributed by atoms with van der Waals surface area (Å²) in [6.45, 7) is 3.22. The van der Waals surface area contributed by atoms with E-state index in [4.69, 9.17) is 10.5 Å². The van der Waals surface area contributed by atoms with Crippen LogP contribution in [0.4, 0.5) is 0 Å². The van der Waals surface area contributed by atoms with Gasteiger partial charge in [0.1, 0.15) is 11.8 Å². The molecule has 0 aromatic carbocycles. The third-order valence-corrected chi connectivity index (χ3v) is 4.26. The minimum absolute atomic E-state index is 0.0365. The van der Waals surface area contributed by atoms with Gasteiger partial charge in [-0.2, -0.15) is 0 Å². The van der Waals surface area contributed by atoms with Crippen molar-refractivity contribution < 1.29 is 14.3 Å². The van der Waals surface area contributed by atoms with Crippen molar-refractivity contribution in [2.24, 2.45) is 12.8 Å². The number of hydrogen-bond donors (Lipinski definition) is 2. The van der Waals surface area contributed by atoms with Gasteiger partial charge in [-0.1, -0.05) is 11.8 Å². The topological polar surface area (TPSA) is 142 Å². The minimum atomic E-state index is -0.687. The number of primary amides is 1. The van der Waals surface area contributed by atoms with Crippen LogP contribution in [-0.2, 0) is 27.9 Å². The van der Waals surface area contributed by atoms with Gasteiger partial charge in [0.25, 0.3) is 5.56 Å². The first-order valence-corrected chi connectivity index (χ1v) is 7.95. The zero-order chi connectivity index (χ0) is 18.0. The largest absolute Gasteiger partial charge is 0.465 e. The molecule has 2 aromatic heterocycles. The highest BCUT2D eigenvalue weighted by Gasteiger charge is 2.23. The summed E-state index contributed by atoms with van der Waals surface area (Å²) in [5.74, 6) is -1.14. The van der Waals surface area contributed by atoms with Crippen molar-refractivity contribution in [1.82, 2.24) is 19.1 Å². The van der Waals surface area contributed by atoms with Crippen LogP contribution in [0.25, 0.3) is 11.2 Å². The molecule has 0 fully saturated rings. The lowest BCUT2D eigenvalue weighted by Crippen LogP contribution is -2.30. The molecule has 0 saturated carbocycles. The fraction of sp³-hybridized carbons (Fsp3) is 0.462. The van der Waals surface area contributed by atoms with Crippen LogP contribution in [0.2, 0.25) is 0 Å². The van der Waals surface area contributed by atoms with Crippen molar-refractivity contribution in [2.45, 2.75) is 30.8 Å². The molecule has 1 unspecified atom stereocenters. The number of rotatable bonds is 6. The number of imidazole rings is 1. The van der Waals surface area contributed by atoms with Gasteiger partial charge in [0, 0.05) is 7.05 Å². The molecule has 1 amide bonds. The molecule has 130 valence electrons. The Bertz CT molecular complexity index is 912. The number of hydrogen-bond acceptors (Lipinski definition) is 7. The van der Waals surface area contributed by atoms with E-state index in [-0.39, 0.29) is 29.5 Å². The van der Waals surface area contributed by atoms with Gasteiger partial charge in [0.15, 0.2) is 16.3 Å². The van der Waals surface area contributed by atoms with E-state index in [0.717, 1.165) is 16.3 Å². The van der Waals surface area contributed by atoms with Crippen molar-refractivity contribution >= 4 is 34.8 Å². The quantitative estimate of drug-likeness (QED) is 0.497. The lowest BCUT2D eigenvalue weighted by atomic mass is 10.5. The number of nitrogens with two attached hydrogens (primary N) is 1. The Balaban J connectivity index is 2.60. The summed E-state index contributed by atoms with van der Waals surface area (Å²) in [5, 5.41) is -0.402. The molecule has 1 atom stereocenters. The summed E-state index contributed by atoms with van der Waals surface area (Å²) in [4.78, 5) is 53.3.